The molecule has 10 nitrogen and oxygen atoms in total. The van der Waals surface area contributed by atoms with Crippen molar-refractivity contribution in [2.24, 2.45) is 0 Å². The Morgan fingerprint density at radius 2 is 0.878 bits per heavy atom. The molecule has 0 aliphatic carbocycles. The van der Waals surface area contributed by atoms with E-state index in [9.17, 15) is 27.6 Å². The van der Waals surface area contributed by atoms with Crippen molar-refractivity contribution in [2.45, 2.75) is 9.79 Å². The first-order chi connectivity index (χ1) is 19.6. The Morgan fingerprint density at radius 3 is 1.22 bits per heavy atom. The fourth-order valence-electron chi connectivity index (χ4n) is 3.86. The molecule has 4 aromatic carbocycles. The zero-order valence-electron chi connectivity index (χ0n) is 21.9. The summed E-state index contributed by atoms with van der Waals surface area (Å²) in [5.41, 5.74) is 1.18. The van der Waals surface area contributed by atoms with Crippen molar-refractivity contribution in [3.8, 4) is 0 Å². The standard InChI is InChI=1S/C30H24N2O8S/c1-39-29(35)23-7-3-5-9-25(23)31-27(33)19-11-15-21(16-12-19)41(37,38)22-17-13-20(14-18-22)28(34)32-26-10-6-4-8-24(26)30(36)40-2/h3-18H,1-2H3,(H,31,33)(H,32,34). The molecule has 0 aliphatic rings. The normalized spacial score (nSPS) is 10.8. The number of benzene rings is 4. The molecule has 2 N–H and O–H groups in total. The van der Waals surface area contributed by atoms with Crippen LogP contribution in [-0.4, -0.2) is 46.4 Å². The number of carbonyl (C=O) groups excluding carboxylic acids is 4. The van der Waals surface area contributed by atoms with Gasteiger partial charge in [-0.1, -0.05) is 24.3 Å². The smallest absolute Gasteiger partial charge is 0.339 e. The lowest BCUT2D eigenvalue weighted by Gasteiger charge is -2.11. The number of amides is 2. The van der Waals surface area contributed by atoms with Gasteiger partial charge >= 0.3 is 11.9 Å². The minimum atomic E-state index is -3.97. The molecule has 208 valence electrons. The molecule has 0 heterocycles. The van der Waals surface area contributed by atoms with Gasteiger partial charge in [0.2, 0.25) is 9.84 Å². The van der Waals surface area contributed by atoms with Crippen LogP contribution in [0.2, 0.25) is 0 Å². The number of hydrogen-bond acceptors (Lipinski definition) is 8. The lowest BCUT2D eigenvalue weighted by molar-refractivity contribution is 0.0592. The van der Waals surface area contributed by atoms with Gasteiger partial charge in [0, 0.05) is 11.1 Å². The van der Waals surface area contributed by atoms with E-state index >= 15 is 0 Å². The van der Waals surface area contributed by atoms with Crippen LogP contribution in [-0.2, 0) is 19.3 Å². The molecule has 0 radical (unpaired) electrons. The third-order valence-electron chi connectivity index (χ3n) is 6.01. The minimum absolute atomic E-state index is 0.0618. The molecule has 4 aromatic rings. The Balaban J connectivity index is 1.48. The van der Waals surface area contributed by atoms with Gasteiger partial charge in [-0.25, -0.2) is 18.0 Å². The van der Waals surface area contributed by atoms with Crippen LogP contribution in [0.5, 0.6) is 0 Å². The van der Waals surface area contributed by atoms with E-state index in [0.717, 1.165) is 0 Å². The quantitative estimate of drug-likeness (QED) is 0.292. The number of esters is 2. The van der Waals surface area contributed by atoms with Crippen LogP contribution in [0.1, 0.15) is 41.4 Å². The zero-order valence-corrected chi connectivity index (χ0v) is 22.7. The van der Waals surface area contributed by atoms with Crippen molar-refractivity contribution in [3.05, 3.63) is 119 Å². The summed E-state index contributed by atoms with van der Waals surface area (Å²) in [4.78, 5) is 49.3. The van der Waals surface area contributed by atoms with E-state index in [1.54, 1.807) is 36.4 Å². The number of carbonyl (C=O) groups is 4. The predicted octanol–water partition coefficient (Wildman–Crippen LogP) is 4.60. The number of anilines is 2. The van der Waals surface area contributed by atoms with E-state index < -0.39 is 33.6 Å². The van der Waals surface area contributed by atoms with Gasteiger partial charge < -0.3 is 20.1 Å². The van der Waals surface area contributed by atoms with Crippen molar-refractivity contribution in [3.63, 3.8) is 0 Å². The molecule has 0 spiro atoms. The van der Waals surface area contributed by atoms with E-state index in [0.29, 0.717) is 0 Å². The van der Waals surface area contributed by atoms with Crippen LogP contribution in [0.15, 0.2) is 107 Å². The largest absolute Gasteiger partial charge is 0.465 e. The fourth-order valence-corrected chi connectivity index (χ4v) is 5.12. The highest BCUT2D eigenvalue weighted by atomic mass is 32.2. The molecule has 41 heavy (non-hydrogen) atoms. The Morgan fingerprint density at radius 1 is 0.537 bits per heavy atom. The summed E-state index contributed by atoms with van der Waals surface area (Å²) < 4.78 is 35.8. The average Bonchev–Trinajstić information content (AvgIpc) is 3.00. The molecule has 0 aliphatic heterocycles. The van der Waals surface area contributed by atoms with Gasteiger partial charge in [-0.2, -0.15) is 0 Å². The minimum Gasteiger partial charge on any atom is -0.465 e. The van der Waals surface area contributed by atoms with Gasteiger partial charge in [0.15, 0.2) is 0 Å². The Hall–Kier alpha value is -5.29. The summed E-state index contributed by atoms with van der Waals surface area (Å²) in [7, 11) is -1.51. The van der Waals surface area contributed by atoms with E-state index in [2.05, 4.69) is 10.6 Å². The molecule has 4 rings (SSSR count). The summed E-state index contributed by atoms with van der Waals surface area (Å²) >= 11 is 0. The second-order valence-corrected chi connectivity index (χ2v) is 10.5. The molecule has 11 heteroatoms. The van der Waals surface area contributed by atoms with Crippen LogP contribution in [0, 0.1) is 0 Å². The number of rotatable bonds is 8. The van der Waals surface area contributed by atoms with Crippen molar-refractivity contribution < 1.29 is 37.1 Å². The number of hydrogen-bond donors (Lipinski definition) is 2. The number of para-hydroxylation sites is 2. The highest BCUT2D eigenvalue weighted by molar-refractivity contribution is 7.91. The molecule has 2 amide bonds. The third-order valence-corrected chi connectivity index (χ3v) is 7.80. The molecule has 0 saturated carbocycles. The number of nitrogens with one attached hydrogen (secondary N) is 2. The van der Waals surface area contributed by atoms with Crippen LogP contribution in [0.25, 0.3) is 0 Å². The number of ether oxygens (including phenoxy) is 2. The van der Waals surface area contributed by atoms with Crippen molar-refractivity contribution in [1.29, 1.82) is 0 Å². The van der Waals surface area contributed by atoms with Gasteiger partial charge in [-0.3, -0.25) is 9.59 Å². The highest BCUT2D eigenvalue weighted by Gasteiger charge is 2.20. The topological polar surface area (TPSA) is 145 Å². The average molecular weight is 573 g/mol. The first kappa shape index (κ1) is 28.7. The van der Waals surface area contributed by atoms with E-state index in [4.69, 9.17) is 9.47 Å². The van der Waals surface area contributed by atoms with Crippen molar-refractivity contribution in [2.75, 3.05) is 24.9 Å². The van der Waals surface area contributed by atoms with Gasteiger partial charge in [0.1, 0.15) is 0 Å². The maximum absolute atomic E-state index is 13.2. The SMILES string of the molecule is COC(=O)c1ccccc1NC(=O)c1ccc(S(=O)(=O)c2ccc(C(=O)Nc3ccccc3C(=O)OC)cc2)cc1. The van der Waals surface area contributed by atoms with Crippen molar-refractivity contribution >= 4 is 45.0 Å². The lowest BCUT2D eigenvalue weighted by atomic mass is 10.1. The van der Waals surface area contributed by atoms with E-state index in [1.165, 1.54) is 74.9 Å². The monoisotopic (exact) mass is 572 g/mol. The van der Waals surface area contributed by atoms with Crippen LogP contribution in [0.4, 0.5) is 11.4 Å². The number of methoxy groups -OCH3 is 2. The zero-order chi connectivity index (χ0) is 29.6. The summed E-state index contributed by atoms with van der Waals surface area (Å²) in [6.45, 7) is 0. The second kappa shape index (κ2) is 12.3. The molecular weight excluding hydrogens is 548 g/mol. The first-order valence-corrected chi connectivity index (χ1v) is 13.6. The Bertz CT molecular complexity index is 1610. The molecule has 0 aromatic heterocycles. The third kappa shape index (κ3) is 6.31. The summed E-state index contributed by atoms with van der Waals surface area (Å²) in [5, 5.41) is 5.25. The molecular formula is C30H24N2O8S. The fraction of sp³-hybridized carbons (Fsp3) is 0.0667. The van der Waals surface area contributed by atoms with Crippen LogP contribution < -0.4 is 10.6 Å². The van der Waals surface area contributed by atoms with Crippen LogP contribution >= 0.6 is 0 Å². The second-order valence-electron chi connectivity index (χ2n) is 8.53. The van der Waals surface area contributed by atoms with Gasteiger partial charge in [-0.05, 0) is 72.8 Å². The Kier molecular flexibility index (Phi) is 8.59. The van der Waals surface area contributed by atoms with E-state index in [-0.39, 0.29) is 43.4 Å². The summed E-state index contributed by atoms with van der Waals surface area (Å²) in [6, 6.07) is 23.2. The highest BCUT2D eigenvalue weighted by Crippen LogP contribution is 2.24. The molecule has 0 bridgehead atoms. The van der Waals surface area contributed by atoms with Gasteiger partial charge in [0.25, 0.3) is 11.8 Å². The maximum atomic E-state index is 13.2. The van der Waals surface area contributed by atoms with Gasteiger partial charge in [-0.15, -0.1) is 0 Å². The van der Waals surface area contributed by atoms with Gasteiger partial charge in [0.05, 0.1) is 46.5 Å². The summed E-state index contributed by atoms with van der Waals surface area (Å²) in [5.74, 6) is -2.32. The van der Waals surface area contributed by atoms with Crippen LogP contribution in [0.3, 0.4) is 0 Å². The molecule has 0 unspecified atom stereocenters. The summed E-state index contributed by atoms with van der Waals surface area (Å²) in [6.07, 6.45) is 0. The lowest BCUT2D eigenvalue weighted by Crippen LogP contribution is -2.16. The predicted molar refractivity (Wildman–Crippen MR) is 150 cm³/mol. The number of sulfone groups is 1. The molecule has 0 atom stereocenters. The van der Waals surface area contributed by atoms with E-state index in [1.807, 2.05) is 0 Å². The molecule has 0 saturated heterocycles. The maximum Gasteiger partial charge on any atom is 0.339 e. The Labute approximate surface area is 235 Å². The first-order valence-electron chi connectivity index (χ1n) is 12.1. The van der Waals surface area contributed by atoms with Crippen molar-refractivity contribution in [1.82, 2.24) is 0 Å². The molecule has 0 fully saturated rings.